The number of nitrogens with one attached hydrogen (secondary N) is 1. The minimum atomic E-state index is 0.682. The maximum Gasteiger partial charge on any atom is 0.0717 e. The van der Waals surface area contributed by atoms with Gasteiger partial charge in [0.05, 0.1) is 13.2 Å². The molecular formula is C17H27NO2. The van der Waals surface area contributed by atoms with E-state index in [1.54, 1.807) is 0 Å². The van der Waals surface area contributed by atoms with Gasteiger partial charge >= 0.3 is 0 Å². The SMILES string of the molecule is CCCNCc1ccc(COCC2CCOCC2)cc1. The van der Waals surface area contributed by atoms with E-state index in [0.717, 1.165) is 52.4 Å². The third-order valence-corrected chi connectivity index (χ3v) is 3.74. The summed E-state index contributed by atoms with van der Waals surface area (Å²) in [6, 6.07) is 8.73. The molecule has 2 rings (SSSR count). The number of benzene rings is 1. The molecular weight excluding hydrogens is 250 g/mol. The summed E-state index contributed by atoms with van der Waals surface area (Å²) in [4.78, 5) is 0. The van der Waals surface area contributed by atoms with Crippen LogP contribution in [0.15, 0.2) is 24.3 Å². The summed E-state index contributed by atoms with van der Waals surface area (Å²) in [5.41, 5.74) is 2.60. The Bertz CT molecular complexity index is 358. The Hall–Kier alpha value is -0.900. The fraction of sp³-hybridized carbons (Fsp3) is 0.647. The third-order valence-electron chi connectivity index (χ3n) is 3.74. The zero-order valence-corrected chi connectivity index (χ0v) is 12.6. The van der Waals surface area contributed by atoms with Crippen LogP contribution < -0.4 is 5.32 Å². The summed E-state index contributed by atoms with van der Waals surface area (Å²) in [6.07, 6.45) is 3.46. The molecule has 0 radical (unpaired) electrons. The van der Waals surface area contributed by atoms with E-state index in [-0.39, 0.29) is 0 Å². The van der Waals surface area contributed by atoms with Crippen LogP contribution in [0.5, 0.6) is 0 Å². The predicted octanol–water partition coefficient (Wildman–Crippen LogP) is 3.13. The Labute approximate surface area is 122 Å². The number of rotatable bonds is 8. The Kier molecular flexibility index (Phi) is 7.06. The highest BCUT2D eigenvalue weighted by Gasteiger charge is 2.13. The van der Waals surface area contributed by atoms with Gasteiger partial charge in [-0.05, 0) is 42.9 Å². The van der Waals surface area contributed by atoms with Crippen LogP contribution in [0.2, 0.25) is 0 Å². The highest BCUT2D eigenvalue weighted by molar-refractivity contribution is 5.21. The van der Waals surface area contributed by atoms with Crippen LogP contribution in [0, 0.1) is 5.92 Å². The van der Waals surface area contributed by atoms with Crippen molar-refractivity contribution >= 4 is 0 Å². The normalized spacial score (nSPS) is 16.4. The minimum absolute atomic E-state index is 0.682. The molecule has 0 atom stereocenters. The lowest BCUT2D eigenvalue weighted by Crippen LogP contribution is -2.20. The van der Waals surface area contributed by atoms with E-state index in [2.05, 4.69) is 36.5 Å². The molecule has 1 N–H and O–H groups in total. The van der Waals surface area contributed by atoms with Gasteiger partial charge in [-0.1, -0.05) is 31.2 Å². The van der Waals surface area contributed by atoms with Gasteiger partial charge in [0.15, 0.2) is 0 Å². The first-order valence-electron chi connectivity index (χ1n) is 7.82. The van der Waals surface area contributed by atoms with E-state index in [9.17, 15) is 0 Å². The summed E-state index contributed by atoms with van der Waals surface area (Å²) in [5.74, 6) is 0.682. The Morgan fingerprint density at radius 2 is 1.85 bits per heavy atom. The van der Waals surface area contributed by atoms with Crippen molar-refractivity contribution in [2.75, 3.05) is 26.4 Å². The molecule has 1 fully saturated rings. The maximum atomic E-state index is 5.83. The van der Waals surface area contributed by atoms with Gasteiger partial charge in [0.1, 0.15) is 0 Å². The Balaban J connectivity index is 1.65. The van der Waals surface area contributed by atoms with E-state index < -0.39 is 0 Å². The molecule has 1 aromatic rings. The molecule has 0 unspecified atom stereocenters. The van der Waals surface area contributed by atoms with Gasteiger partial charge in [-0.3, -0.25) is 0 Å². The minimum Gasteiger partial charge on any atom is -0.381 e. The predicted molar refractivity (Wildman–Crippen MR) is 81.6 cm³/mol. The molecule has 20 heavy (non-hydrogen) atoms. The van der Waals surface area contributed by atoms with Crippen molar-refractivity contribution in [3.8, 4) is 0 Å². The van der Waals surface area contributed by atoms with Crippen LogP contribution in [0.1, 0.15) is 37.3 Å². The van der Waals surface area contributed by atoms with Crippen molar-refractivity contribution in [2.24, 2.45) is 5.92 Å². The van der Waals surface area contributed by atoms with Crippen LogP contribution in [-0.4, -0.2) is 26.4 Å². The van der Waals surface area contributed by atoms with Crippen molar-refractivity contribution in [3.63, 3.8) is 0 Å². The lowest BCUT2D eigenvalue weighted by Gasteiger charge is -2.21. The van der Waals surface area contributed by atoms with Gasteiger partial charge < -0.3 is 14.8 Å². The highest BCUT2D eigenvalue weighted by atomic mass is 16.5. The summed E-state index contributed by atoms with van der Waals surface area (Å²) >= 11 is 0. The van der Waals surface area contributed by atoms with E-state index in [0.29, 0.717) is 5.92 Å². The largest absolute Gasteiger partial charge is 0.381 e. The average Bonchev–Trinajstić information content (AvgIpc) is 2.50. The first-order valence-corrected chi connectivity index (χ1v) is 7.82. The summed E-state index contributed by atoms with van der Waals surface area (Å²) in [5, 5.41) is 3.41. The molecule has 1 saturated heterocycles. The molecule has 0 amide bonds. The second-order valence-corrected chi connectivity index (χ2v) is 5.56. The molecule has 0 aliphatic carbocycles. The molecule has 0 aromatic heterocycles. The van der Waals surface area contributed by atoms with Gasteiger partial charge in [-0.25, -0.2) is 0 Å². The highest BCUT2D eigenvalue weighted by Crippen LogP contribution is 2.15. The summed E-state index contributed by atoms with van der Waals surface area (Å²) in [7, 11) is 0. The molecule has 1 aliphatic rings. The van der Waals surface area contributed by atoms with E-state index in [1.165, 1.54) is 17.5 Å². The standard InChI is InChI=1S/C17H27NO2/c1-2-9-18-12-15-3-5-16(6-4-15)13-20-14-17-7-10-19-11-8-17/h3-6,17-18H,2,7-14H2,1H3. The van der Waals surface area contributed by atoms with Crippen molar-refractivity contribution in [3.05, 3.63) is 35.4 Å². The molecule has 3 nitrogen and oxygen atoms in total. The monoisotopic (exact) mass is 277 g/mol. The smallest absolute Gasteiger partial charge is 0.0717 e. The average molecular weight is 277 g/mol. The second-order valence-electron chi connectivity index (χ2n) is 5.56. The lowest BCUT2D eigenvalue weighted by atomic mass is 10.0. The summed E-state index contributed by atoms with van der Waals surface area (Å²) in [6.45, 7) is 7.60. The van der Waals surface area contributed by atoms with Crippen molar-refractivity contribution < 1.29 is 9.47 Å². The fourth-order valence-corrected chi connectivity index (χ4v) is 2.42. The molecule has 0 spiro atoms. The van der Waals surface area contributed by atoms with Crippen LogP contribution in [0.3, 0.4) is 0 Å². The first kappa shape index (κ1) is 15.5. The topological polar surface area (TPSA) is 30.5 Å². The van der Waals surface area contributed by atoms with Gasteiger partial charge in [0, 0.05) is 19.8 Å². The summed E-state index contributed by atoms with van der Waals surface area (Å²) < 4.78 is 11.2. The van der Waals surface area contributed by atoms with Crippen LogP contribution in [0.4, 0.5) is 0 Å². The molecule has 1 aliphatic heterocycles. The van der Waals surface area contributed by atoms with Crippen molar-refractivity contribution in [1.29, 1.82) is 0 Å². The van der Waals surface area contributed by atoms with Gasteiger partial charge in [0.25, 0.3) is 0 Å². The van der Waals surface area contributed by atoms with Crippen molar-refractivity contribution in [1.82, 2.24) is 5.32 Å². The molecule has 1 heterocycles. The molecule has 3 heteroatoms. The molecule has 0 bridgehead atoms. The number of ether oxygens (including phenoxy) is 2. The van der Waals surface area contributed by atoms with Crippen LogP contribution in [-0.2, 0) is 22.6 Å². The first-order chi connectivity index (χ1) is 9.88. The zero-order chi connectivity index (χ0) is 14.0. The second kappa shape index (κ2) is 9.11. The third kappa shape index (κ3) is 5.61. The molecule has 1 aromatic carbocycles. The fourth-order valence-electron chi connectivity index (χ4n) is 2.42. The van der Waals surface area contributed by atoms with Gasteiger partial charge in [-0.2, -0.15) is 0 Å². The van der Waals surface area contributed by atoms with E-state index in [4.69, 9.17) is 9.47 Å². The molecule has 0 saturated carbocycles. The maximum absolute atomic E-state index is 5.83. The van der Waals surface area contributed by atoms with Crippen molar-refractivity contribution in [2.45, 2.75) is 39.3 Å². The van der Waals surface area contributed by atoms with E-state index >= 15 is 0 Å². The van der Waals surface area contributed by atoms with E-state index in [1.807, 2.05) is 0 Å². The number of hydrogen-bond acceptors (Lipinski definition) is 3. The van der Waals surface area contributed by atoms with Crippen LogP contribution in [0.25, 0.3) is 0 Å². The van der Waals surface area contributed by atoms with Gasteiger partial charge in [-0.15, -0.1) is 0 Å². The Morgan fingerprint density at radius 3 is 2.55 bits per heavy atom. The lowest BCUT2D eigenvalue weighted by molar-refractivity contribution is 0.0157. The zero-order valence-electron chi connectivity index (χ0n) is 12.6. The quantitative estimate of drug-likeness (QED) is 0.741. The molecule has 112 valence electrons. The Morgan fingerprint density at radius 1 is 1.15 bits per heavy atom. The van der Waals surface area contributed by atoms with Crippen LogP contribution >= 0.6 is 0 Å². The van der Waals surface area contributed by atoms with Gasteiger partial charge in [0.2, 0.25) is 0 Å². The number of hydrogen-bond donors (Lipinski definition) is 1.